The van der Waals surface area contributed by atoms with Crippen molar-refractivity contribution in [3.63, 3.8) is 0 Å². The Balaban J connectivity index is 1.58. The molecule has 3 aromatic rings. The zero-order valence-corrected chi connectivity index (χ0v) is 15.2. The van der Waals surface area contributed by atoms with Gasteiger partial charge in [-0.1, -0.05) is 37.3 Å². The highest BCUT2D eigenvalue weighted by molar-refractivity contribution is 7.71. The standard InChI is InChI=1S/C19H19N3O3S/c1-2-14-8-10-15(11-9-14)20-17(23)12-22-19(26)25-18(21-22)13-24-16-6-4-3-5-7-16/h3-11H,2,12-13H2,1H3,(H,20,23). The van der Waals surface area contributed by atoms with Crippen molar-refractivity contribution < 1.29 is 13.9 Å². The number of amides is 1. The first-order valence-corrected chi connectivity index (χ1v) is 8.68. The molecule has 0 bridgehead atoms. The van der Waals surface area contributed by atoms with Gasteiger partial charge in [0.25, 0.3) is 10.7 Å². The quantitative estimate of drug-likeness (QED) is 0.638. The summed E-state index contributed by atoms with van der Waals surface area (Å²) in [7, 11) is 0. The van der Waals surface area contributed by atoms with Crippen LogP contribution in [0.4, 0.5) is 5.69 Å². The number of carbonyl (C=O) groups is 1. The number of aryl methyl sites for hydroxylation is 1. The van der Waals surface area contributed by atoms with Crippen LogP contribution in [0.5, 0.6) is 5.75 Å². The fourth-order valence-electron chi connectivity index (χ4n) is 2.33. The zero-order valence-electron chi connectivity index (χ0n) is 14.3. The van der Waals surface area contributed by atoms with E-state index in [0.29, 0.717) is 11.6 Å². The molecule has 134 valence electrons. The Morgan fingerprint density at radius 1 is 1.19 bits per heavy atom. The van der Waals surface area contributed by atoms with Gasteiger partial charge in [0, 0.05) is 5.69 Å². The van der Waals surface area contributed by atoms with Crippen LogP contribution in [-0.4, -0.2) is 15.7 Å². The van der Waals surface area contributed by atoms with Gasteiger partial charge in [-0.2, -0.15) is 0 Å². The number of nitrogens with one attached hydrogen (secondary N) is 1. The highest BCUT2D eigenvalue weighted by Gasteiger charge is 2.10. The smallest absolute Gasteiger partial charge is 0.287 e. The van der Waals surface area contributed by atoms with Crippen molar-refractivity contribution >= 4 is 23.8 Å². The van der Waals surface area contributed by atoms with Gasteiger partial charge >= 0.3 is 0 Å². The molecule has 0 aliphatic rings. The van der Waals surface area contributed by atoms with Gasteiger partial charge < -0.3 is 14.5 Å². The molecule has 1 N–H and O–H groups in total. The Morgan fingerprint density at radius 2 is 1.92 bits per heavy atom. The Morgan fingerprint density at radius 3 is 2.62 bits per heavy atom. The van der Waals surface area contributed by atoms with Crippen LogP contribution in [-0.2, 0) is 24.4 Å². The summed E-state index contributed by atoms with van der Waals surface area (Å²) in [4.78, 5) is 12.3. The molecule has 0 fully saturated rings. The van der Waals surface area contributed by atoms with E-state index in [4.69, 9.17) is 21.4 Å². The minimum atomic E-state index is -0.228. The fourth-order valence-corrected chi connectivity index (χ4v) is 2.53. The maximum atomic E-state index is 12.2. The van der Waals surface area contributed by atoms with Gasteiger partial charge in [0.15, 0.2) is 6.61 Å². The molecule has 6 nitrogen and oxygen atoms in total. The van der Waals surface area contributed by atoms with Crippen LogP contribution in [0, 0.1) is 4.84 Å². The lowest BCUT2D eigenvalue weighted by molar-refractivity contribution is -0.117. The van der Waals surface area contributed by atoms with Gasteiger partial charge in [-0.05, 0) is 48.5 Å². The fraction of sp³-hybridized carbons (Fsp3) is 0.211. The number of anilines is 1. The summed E-state index contributed by atoms with van der Waals surface area (Å²) in [5.74, 6) is 0.796. The van der Waals surface area contributed by atoms with Crippen molar-refractivity contribution in [3.05, 3.63) is 70.9 Å². The van der Waals surface area contributed by atoms with Crippen LogP contribution >= 0.6 is 12.2 Å². The average molecular weight is 369 g/mol. The van der Waals surface area contributed by atoms with Gasteiger partial charge in [-0.15, -0.1) is 5.10 Å². The van der Waals surface area contributed by atoms with Gasteiger partial charge in [0.2, 0.25) is 5.91 Å². The third kappa shape index (κ3) is 4.80. The minimum Gasteiger partial charge on any atom is -0.484 e. The second-order valence-electron chi connectivity index (χ2n) is 5.62. The lowest BCUT2D eigenvalue weighted by atomic mass is 10.1. The van der Waals surface area contributed by atoms with Crippen LogP contribution < -0.4 is 10.1 Å². The van der Waals surface area contributed by atoms with E-state index >= 15 is 0 Å². The highest BCUT2D eigenvalue weighted by Crippen LogP contribution is 2.12. The summed E-state index contributed by atoms with van der Waals surface area (Å²) in [6, 6.07) is 17.0. The lowest BCUT2D eigenvalue weighted by Crippen LogP contribution is -2.19. The van der Waals surface area contributed by atoms with Gasteiger partial charge in [-0.3, -0.25) is 4.79 Å². The van der Waals surface area contributed by atoms with E-state index < -0.39 is 0 Å². The molecule has 0 unspecified atom stereocenters. The van der Waals surface area contributed by atoms with E-state index in [1.54, 1.807) is 0 Å². The zero-order chi connectivity index (χ0) is 18.4. The number of hydrogen-bond donors (Lipinski definition) is 1. The highest BCUT2D eigenvalue weighted by atomic mass is 32.1. The number of rotatable bonds is 7. The third-order valence-electron chi connectivity index (χ3n) is 3.69. The SMILES string of the molecule is CCc1ccc(NC(=O)Cn2nc(COc3ccccc3)oc2=S)cc1. The number of para-hydroxylation sites is 1. The van der Waals surface area contributed by atoms with E-state index in [-0.39, 0.29) is 23.9 Å². The van der Waals surface area contributed by atoms with Crippen LogP contribution in [0.2, 0.25) is 0 Å². The molecule has 0 atom stereocenters. The van der Waals surface area contributed by atoms with E-state index in [1.807, 2.05) is 54.6 Å². The number of carbonyl (C=O) groups excluding carboxylic acids is 1. The number of benzene rings is 2. The molecular formula is C19H19N3O3S. The molecule has 26 heavy (non-hydrogen) atoms. The summed E-state index contributed by atoms with van der Waals surface area (Å²) in [5, 5.41) is 7.01. The van der Waals surface area contributed by atoms with Crippen molar-refractivity contribution in [2.45, 2.75) is 26.5 Å². The molecule has 2 aromatic carbocycles. The summed E-state index contributed by atoms with van der Waals surface area (Å²) in [6.45, 7) is 2.20. The maximum absolute atomic E-state index is 12.2. The second-order valence-corrected chi connectivity index (χ2v) is 5.97. The van der Waals surface area contributed by atoms with Crippen molar-refractivity contribution in [2.24, 2.45) is 0 Å². The van der Waals surface area contributed by atoms with Gasteiger partial charge in [0.1, 0.15) is 12.3 Å². The van der Waals surface area contributed by atoms with Gasteiger partial charge in [-0.25, -0.2) is 4.68 Å². The summed E-state index contributed by atoms with van der Waals surface area (Å²) in [5.41, 5.74) is 1.94. The molecule has 0 saturated carbocycles. The molecule has 0 aliphatic heterocycles. The van der Waals surface area contributed by atoms with E-state index in [0.717, 1.165) is 12.1 Å². The Bertz CT molecular complexity index is 917. The number of hydrogen-bond acceptors (Lipinski definition) is 5. The lowest BCUT2D eigenvalue weighted by Gasteiger charge is -2.05. The van der Waals surface area contributed by atoms with Crippen LogP contribution in [0.15, 0.2) is 59.0 Å². The largest absolute Gasteiger partial charge is 0.484 e. The van der Waals surface area contributed by atoms with Crippen molar-refractivity contribution in [1.82, 2.24) is 9.78 Å². The average Bonchev–Trinajstić information content (AvgIpc) is 3.01. The van der Waals surface area contributed by atoms with Crippen LogP contribution in [0.3, 0.4) is 0 Å². The Kier molecular flexibility index (Phi) is 5.80. The monoisotopic (exact) mass is 369 g/mol. The van der Waals surface area contributed by atoms with Crippen molar-refractivity contribution in [2.75, 3.05) is 5.32 Å². The minimum absolute atomic E-state index is 0.0246. The molecule has 3 rings (SSSR count). The topological polar surface area (TPSA) is 69.3 Å². The van der Waals surface area contributed by atoms with Crippen LogP contribution in [0.25, 0.3) is 0 Å². The number of nitrogens with zero attached hydrogens (tertiary/aromatic N) is 2. The summed E-state index contributed by atoms with van der Waals surface area (Å²) >= 11 is 5.12. The molecule has 0 saturated heterocycles. The van der Waals surface area contributed by atoms with Gasteiger partial charge in [0.05, 0.1) is 0 Å². The van der Waals surface area contributed by atoms with E-state index in [9.17, 15) is 4.79 Å². The Labute approximate surface area is 156 Å². The molecule has 1 aromatic heterocycles. The molecule has 1 amide bonds. The van der Waals surface area contributed by atoms with E-state index in [1.165, 1.54) is 10.2 Å². The molecule has 7 heteroatoms. The first kappa shape index (κ1) is 17.9. The summed E-state index contributed by atoms with van der Waals surface area (Å²) in [6.07, 6.45) is 0.955. The van der Waals surface area contributed by atoms with E-state index in [2.05, 4.69) is 17.3 Å². The molecule has 0 aliphatic carbocycles. The molecule has 1 heterocycles. The van der Waals surface area contributed by atoms with Crippen molar-refractivity contribution in [3.8, 4) is 5.75 Å². The number of ether oxygens (including phenoxy) is 1. The number of aromatic nitrogens is 2. The molecular weight excluding hydrogens is 350 g/mol. The first-order chi connectivity index (χ1) is 12.6. The first-order valence-electron chi connectivity index (χ1n) is 8.27. The second kappa shape index (κ2) is 8.44. The predicted octanol–water partition coefficient (Wildman–Crippen LogP) is 3.99. The molecule has 0 radical (unpaired) electrons. The molecule has 0 spiro atoms. The van der Waals surface area contributed by atoms with Crippen molar-refractivity contribution in [1.29, 1.82) is 0 Å². The maximum Gasteiger partial charge on any atom is 0.287 e. The Hall–Kier alpha value is -2.93. The summed E-state index contributed by atoms with van der Waals surface area (Å²) < 4.78 is 12.3. The normalized spacial score (nSPS) is 10.5. The van der Waals surface area contributed by atoms with Crippen LogP contribution in [0.1, 0.15) is 18.4 Å². The predicted molar refractivity (Wildman–Crippen MR) is 101 cm³/mol. The third-order valence-corrected chi connectivity index (χ3v) is 3.99.